The highest BCUT2D eigenvalue weighted by Gasteiger charge is 2.32. The van der Waals surface area contributed by atoms with Gasteiger partial charge in [-0.1, -0.05) is 0 Å². The van der Waals surface area contributed by atoms with Crippen LogP contribution in [-0.2, 0) is 16.1 Å². The lowest BCUT2D eigenvalue weighted by Crippen LogP contribution is -2.43. The molecule has 1 N–H and O–H groups in total. The van der Waals surface area contributed by atoms with Crippen molar-refractivity contribution in [3.8, 4) is 5.75 Å². The molecule has 0 aromatic carbocycles. The van der Waals surface area contributed by atoms with E-state index in [4.69, 9.17) is 9.47 Å². The summed E-state index contributed by atoms with van der Waals surface area (Å²) >= 11 is 0. The summed E-state index contributed by atoms with van der Waals surface area (Å²) in [6, 6.07) is 6.97. The second kappa shape index (κ2) is 8.52. The minimum Gasteiger partial charge on any atom is -0.488 e. The van der Waals surface area contributed by atoms with Crippen LogP contribution < -0.4 is 4.74 Å². The van der Waals surface area contributed by atoms with E-state index >= 15 is 0 Å². The third-order valence-corrected chi connectivity index (χ3v) is 5.36. The molecule has 154 valence electrons. The number of carboxylic acid groups (broad SMARTS) is 1. The molecule has 2 aliphatic heterocycles. The number of aromatic nitrogens is 2. The highest BCUT2D eigenvalue weighted by atomic mass is 16.5. The molecule has 9 nitrogen and oxygen atoms in total. The molecule has 0 aliphatic carbocycles. The lowest BCUT2D eigenvalue weighted by molar-refractivity contribution is -0.136. The topological polar surface area (TPSA) is 97.1 Å². The van der Waals surface area contributed by atoms with Crippen LogP contribution in [0, 0.1) is 0 Å². The molecule has 0 spiro atoms. The molecular formula is C20H24N4O5. The molecule has 9 heteroatoms. The molecule has 0 bridgehead atoms. The number of carbonyl (C=O) groups excluding carboxylic acids is 1. The van der Waals surface area contributed by atoms with Crippen LogP contribution >= 0.6 is 0 Å². The summed E-state index contributed by atoms with van der Waals surface area (Å²) in [7, 11) is 0. The molecule has 1 fully saturated rings. The van der Waals surface area contributed by atoms with Crippen LogP contribution in [0.25, 0.3) is 0 Å². The van der Waals surface area contributed by atoms with E-state index in [9.17, 15) is 14.7 Å². The number of hydrogen-bond donors (Lipinski definition) is 1. The molecule has 2 amide bonds. The van der Waals surface area contributed by atoms with Crippen molar-refractivity contribution in [2.24, 2.45) is 0 Å². The summed E-state index contributed by atoms with van der Waals surface area (Å²) < 4.78 is 13.6. The van der Waals surface area contributed by atoms with Gasteiger partial charge in [-0.2, -0.15) is 0 Å². The summed E-state index contributed by atoms with van der Waals surface area (Å²) in [5, 5.41) is 9.47. The van der Waals surface area contributed by atoms with Crippen LogP contribution in [0.1, 0.15) is 18.2 Å². The van der Waals surface area contributed by atoms with E-state index in [0.29, 0.717) is 26.2 Å². The van der Waals surface area contributed by atoms with E-state index in [-0.39, 0.29) is 25.2 Å². The van der Waals surface area contributed by atoms with Crippen molar-refractivity contribution in [3.05, 3.63) is 48.5 Å². The number of ether oxygens (including phenoxy) is 2. The van der Waals surface area contributed by atoms with Gasteiger partial charge >= 0.3 is 6.09 Å². The summed E-state index contributed by atoms with van der Waals surface area (Å²) in [5.41, 5.74) is 0.887. The first-order chi connectivity index (χ1) is 14.1. The van der Waals surface area contributed by atoms with E-state index in [1.165, 1.54) is 4.90 Å². The maximum absolute atomic E-state index is 12.5. The molecular weight excluding hydrogens is 376 g/mol. The normalized spacial score (nSPS) is 21.1. The first kappa shape index (κ1) is 19.3. The van der Waals surface area contributed by atoms with Gasteiger partial charge in [-0.15, -0.1) is 0 Å². The lowest BCUT2D eigenvalue weighted by atomic mass is 10.1. The predicted octanol–water partition coefficient (Wildman–Crippen LogP) is 1.61. The third-order valence-electron chi connectivity index (χ3n) is 5.36. The van der Waals surface area contributed by atoms with Crippen LogP contribution in [0.15, 0.2) is 42.9 Å². The predicted molar refractivity (Wildman–Crippen MR) is 103 cm³/mol. The zero-order chi connectivity index (χ0) is 20.2. The minimum atomic E-state index is -0.979. The van der Waals surface area contributed by atoms with E-state index in [0.717, 1.165) is 17.9 Å². The fourth-order valence-corrected chi connectivity index (χ4v) is 3.88. The van der Waals surface area contributed by atoms with Crippen LogP contribution in [-0.4, -0.2) is 75.4 Å². The van der Waals surface area contributed by atoms with Gasteiger partial charge in [0.2, 0.25) is 5.91 Å². The Kier molecular flexibility index (Phi) is 5.66. The lowest BCUT2D eigenvalue weighted by Gasteiger charge is -2.34. The van der Waals surface area contributed by atoms with Crippen molar-refractivity contribution in [1.29, 1.82) is 0 Å². The average Bonchev–Trinajstić information content (AvgIpc) is 3.38. The molecule has 2 atom stereocenters. The van der Waals surface area contributed by atoms with Gasteiger partial charge in [-0.3, -0.25) is 14.7 Å². The first-order valence-electron chi connectivity index (χ1n) is 9.68. The molecule has 2 unspecified atom stereocenters. The van der Waals surface area contributed by atoms with Crippen molar-refractivity contribution in [2.45, 2.75) is 25.1 Å². The maximum atomic E-state index is 12.5. The molecule has 2 aromatic heterocycles. The van der Waals surface area contributed by atoms with Crippen molar-refractivity contribution in [1.82, 2.24) is 19.4 Å². The summed E-state index contributed by atoms with van der Waals surface area (Å²) in [4.78, 5) is 31.1. The first-order valence-corrected chi connectivity index (χ1v) is 9.68. The SMILES string of the molecule is O=C(COCC1c2cccn2CCN1C(=O)O)N1CCC(Oc2ccncc2)C1. The van der Waals surface area contributed by atoms with E-state index in [2.05, 4.69) is 4.98 Å². The zero-order valence-electron chi connectivity index (χ0n) is 16.0. The van der Waals surface area contributed by atoms with Crippen LogP contribution in [0.4, 0.5) is 4.79 Å². The third kappa shape index (κ3) is 4.34. The zero-order valence-corrected chi connectivity index (χ0v) is 16.0. The minimum absolute atomic E-state index is 0.0505. The Hall–Kier alpha value is -3.07. The molecule has 4 heterocycles. The second-order valence-corrected chi connectivity index (χ2v) is 7.18. The molecule has 0 saturated carbocycles. The van der Waals surface area contributed by atoms with E-state index in [1.807, 2.05) is 22.9 Å². The van der Waals surface area contributed by atoms with Crippen LogP contribution in [0.3, 0.4) is 0 Å². The molecule has 29 heavy (non-hydrogen) atoms. The number of amides is 2. The molecule has 0 radical (unpaired) electrons. The summed E-state index contributed by atoms with van der Waals surface area (Å²) in [6.45, 7) is 2.22. The van der Waals surface area contributed by atoms with Gasteiger partial charge < -0.3 is 24.0 Å². The van der Waals surface area contributed by atoms with Crippen LogP contribution in [0.2, 0.25) is 0 Å². The second-order valence-electron chi connectivity index (χ2n) is 7.18. The van der Waals surface area contributed by atoms with Crippen molar-refractivity contribution >= 4 is 12.0 Å². The monoisotopic (exact) mass is 400 g/mol. The molecule has 1 saturated heterocycles. The fraction of sp³-hybridized carbons (Fsp3) is 0.450. The van der Waals surface area contributed by atoms with E-state index in [1.54, 1.807) is 29.4 Å². The number of pyridine rings is 1. The Labute approximate surface area is 168 Å². The molecule has 2 aliphatic rings. The van der Waals surface area contributed by atoms with E-state index < -0.39 is 12.1 Å². The number of likely N-dealkylation sites (tertiary alicyclic amines) is 1. The highest BCUT2D eigenvalue weighted by molar-refractivity contribution is 5.77. The maximum Gasteiger partial charge on any atom is 0.408 e. The van der Waals surface area contributed by atoms with Gasteiger partial charge in [-0.05, 0) is 24.3 Å². The van der Waals surface area contributed by atoms with Gasteiger partial charge in [0.05, 0.1) is 19.2 Å². The Bertz CT molecular complexity index is 856. The van der Waals surface area contributed by atoms with Gasteiger partial charge in [-0.25, -0.2) is 4.79 Å². The number of nitrogens with zero attached hydrogens (tertiary/aromatic N) is 4. The summed E-state index contributed by atoms with van der Waals surface area (Å²) in [5.74, 6) is 0.628. The van der Waals surface area contributed by atoms with Gasteiger partial charge in [0.15, 0.2) is 0 Å². The molecule has 2 aromatic rings. The number of carbonyl (C=O) groups is 2. The van der Waals surface area contributed by atoms with Gasteiger partial charge in [0.1, 0.15) is 18.5 Å². The van der Waals surface area contributed by atoms with Crippen LogP contribution in [0.5, 0.6) is 5.75 Å². The number of fused-ring (bicyclic) bond motifs is 1. The van der Waals surface area contributed by atoms with Gasteiger partial charge in [0, 0.05) is 50.3 Å². The average molecular weight is 400 g/mol. The highest BCUT2D eigenvalue weighted by Crippen LogP contribution is 2.26. The van der Waals surface area contributed by atoms with Gasteiger partial charge in [0.25, 0.3) is 0 Å². The number of hydrogen-bond acceptors (Lipinski definition) is 5. The Morgan fingerprint density at radius 2 is 2.00 bits per heavy atom. The fourth-order valence-electron chi connectivity index (χ4n) is 3.88. The quantitative estimate of drug-likeness (QED) is 0.791. The van der Waals surface area contributed by atoms with Crippen molar-refractivity contribution in [3.63, 3.8) is 0 Å². The number of rotatable bonds is 6. The smallest absolute Gasteiger partial charge is 0.408 e. The van der Waals surface area contributed by atoms with Crippen molar-refractivity contribution in [2.75, 3.05) is 32.8 Å². The summed E-state index contributed by atoms with van der Waals surface area (Å²) in [6.07, 6.45) is 5.00. The Balaban J connectivity index is 1.27. The Morgan fingerprint density at radius 1 is 1.17 bits per heavy atom. The standard InChI is InChI=1S/C20H24N4O5/c25-19(23-9-5-16(12-23)29-15-3-6-21-7-4-15)14-28-13-18-17-2-1-8-22(17)10-11-24(18)20(26)27/h1-4,6-8,16,18H,5,9-14H2,(H,26,27). The molecule has 4 rings (SSSR count). The Morgan fingerprint density at radius 3 is 2.79 bits per heavy atom. The largest absolute Gasteiger partial charge is 0.488 e. The van der Waals surface area contributed by atoms with Crippen molar-refractivity contribution < 1.29 is 24.2 Å².